The quantitative estimate of drug-likeness (QED) is 0.0197. The maximum absolute atomic E-state index is 12.8. The van der Waals surface area contributed by atoms with Crippen LogP contribution in [0.3, 0.4) is 0 Å². The van der Waals surface area contributed by atoms with E-state index in [0.717, 1.165) is 70.6 Å². The van der Waals surface area contributed by atoms with Crippen LogP contribution in [0.15, 0.2) is 85.1 Å². The lowest BCUT2D eigenvalue weighted by molar-refractivity contribution is -0.870. The third-order valence-corrected chi connectivity index (χ3v) is 12.9. The number of phosphoric acid groups is 1. The molecule has 9 heteroatoms. The molecule has 2 unspecified atom stereocenters. The monoisotopic (exact) mass is 986 g/mol. The van der Waals surface area contributed by atoms with Gasteiger partial charge in [0.1, 0.15) is 19.3 Å². The molecule has 0 saturated carbocycles. The number of nitrogens with zero attached hydrogens (tertiary/aromatic N) is 1. The number of phosphoric ester groups is 1. The minimum absolute atomic E-state index is 0.0201. The summed E-state index contributed by atoms with van der Waals surface area (Å²) in [6, 6.07) is 0. The van der Waals surface area contributed by atoms with Gasteiger partial charge in [-0.3, -0.25) is 9.36 Å². The van der Waals surface area contributed by atoms with Crippen LogP contribution in [-0.2, 0) is 27.9 Å². The molecule has 8 nitrogen and oxygen atoms in total. The molecule has 400 valence electrons. The molecule has 0 aromatic heterocycles. The van der Waals surface area contributed by atoms with Crippen LogP contribution in [0.2, 0.25) is 0 Å². The molecule has 69 heavy (non-hydrogen) atoms. The number of carbonyl (C=O) groups is 1. The van der Waals surface area contributed by atoms with Crippen molar-refractivity contribution in [1.82, 2.24) is 0 Å². The average Bonchev–Trinajstić information content (AvgIpc) is 3.31. The third kappa shape index (κ3) is 56.5. The number of hydrogen-bond donors (Lipinski definition) is 0. The molecule has 0 aliphatic heterocycles. The van der Waals surface area contributed by atoms with Gasteiger partial charge >= 0.3 is 5.97 Å². The van der Waals surface area contributed by atoms with Crippen LogP contribution < -0.4 is 4.89 Å². The fourth-order valence-electron chi connectivity index (χ4n) is 7.60. The first-order chi connectivity index (χ1) is 33.6. The van der Waals surface area contributed by atoms with Gasteiger partial charge in [-0.05, 0) is 89.9 Å². The molecule has 0 heterocycles. The zero-order valence-electron chi connectivity index (χ0n) is 45.5. The van der Waals surface area contributed by atoms with Crippen molar-refractivity contribution < 1.29 is 37.3 Å². The maximum Gasteiger partial charge on any atom is 0.306 e. The second kappa shape index (κ2) is 52.0. The van der Waals surface area contributed by atoms with Gasteiger partial charge in [0.15, 0.2) is 0 Å². The Balaban J connectivity index is 4.12. The van der Waals surface area contributed by atoms with E-state index >= 15 is 0 Å². The molecule has 2 atom stereocenters. The highest BCUT2D eigenvalue weighted by atomic mass is 31.2. The third-order valence-electron chi connectivity index (χ3n) is 11.9. The zero-order valence-corrected chi connectivity index (χ0v) is 46.4. The molecule has 0 radical (unpaired) electrons. The van der Waals surface area contributed by atoms with Crippen molar-refractivity contribution in [1.29, 1.82) is 0 Å². The summed E-state index contributed by atoms with van der Waals surface area (Å²) in [5, 5.41) is 0. The van der Waals surface area contributed by atoms with Crippen molar-refractivity contribution in [2.24, 2.45) is 0 Å². The van der Waals surface area contributed by atoms with Crippen LogP contribution in [0, 0.1) is 0 Å². The Bertz CT molecular complexity index is 1380. The summed E-state index contributed by atoms with van der Waals surface area (Å²) in [7, 11) is 1.34. The van der Waals surface area contributed by atoms with Gasteiger partial charge in [-0.2, -0.15) is 0 Å². The number of likely N-dealkylation sites (N-methyl/N-ethyl adjacent to an activating group) is 1. The minimum atomic E-state index is -4.54. The average molecular weight is 986 g/mol. The SMILES string of the molecule is CC/C=C\C/C=C\C/C=C\C/C=C\CCCCCCCCCCCOCC(COP(=O)([O-])OCC[N+](C)(C)C)OC(=O)CCCCCCCCCCCC/C=C\C/C=C\C/C=C\CCCCCCC. The lowest BCUT2D eigenvalue weighted by Crippen LogP contribution is -2.37. The molecule has 0 rings (SSSR count). The number of hydrogen-bond acceptors (Lipinski definition) is 7. The Morgan fingerprint density at radius 1 is 0.464 bits per heavy atom. The summed E-state index contributed by atoms with van der Waals surface area (Å²) in [6.45, 7) is 5.28. The number of unbranched alkanes of at least 4 members (excludes halogenated alkanes) is 24. The Morgan fingerprint density at radius 3 is 1.26 bits per heavy atom. The van der Waals surface area contributed by atoms with Crippen LogP contribution in [0.1, 0.15) is 232 Å². The summed E-state index contributed by atoms with van der Waals surface area (Å²) in [4.78, 5) is 25.3. The molecular formula is C60H108NO7P. The molecular weight excluding hydrogens is 878 g/mol. The van der Waals surface area contributed by atoms with Gasteiger partial charge in [-0.15, -0.1) is 0 Å². The Morgan fingerprint density at radius 2 is 0.841 bits per heavy atom. The van der Waals surface area contributed by atoms with E-state index in [1.54, 1.807) is 0 Å². The molecule has 0 spiro atoms. The molecule has 0 fully saturated rings. The number of esters is 1. The van der Waals surface area contributed by atoms with Crippen LogP contribution in [-0.4, -0.2) is 70.7 Å². The second-order valence-electron chi connectivity index (χ2n) is 19.9. The molecule has 0 aliphatic carbocycles. The van der Waals surface area contributed by atoms with E-state index in [1.807, 2.05) is 21.1 Å². The Kier molecular flexibility index (Phi) is 50.3. The lowest BCUT2D eigenvalue weighted by Gasteiger charge is -2.28. The van der Waals surface area contributed by atoms with E-state index in [4.69, 9.17) is 18.5 Å². The largest absolute Gasteiger partial charge is 0.756 e. The minimum Gasteiger partial charge on any atom is -0.756 e. The predicted octanol–water partition coefficient (Wildman–Crippen LogP) is 17.3. The molecule has 0 aromatic rings. The summed E-state index contributed by atoms with van der Waals surface area (Å²) >= 11 is 0. The predicted molar refractivity (Wildman–Crippen MR) is 295 cm³/mol. The van der Waals surface area contributed by atoms with Crippen molar-refractivity contribution in [2.75, 3.05) is 54.1 Å². The standard InChI is InChI=1S/C60H108NO7P/c1-6-8-10-12-14-16-18-20-22-24-26-28-30-31-32-33-35-37-39-41-43-45-47-49-51-53-60(62)68-59(58-67-69(63,64)66-56-54-61(3,4)5)57-65-55-52-50-48-46-44-42-40-38-36-34-29-27-25-23-21-19-17-15-13-11-9-7-2/h9,11,15,17-18,20-21,23-24,26-27,29-31,59H,6-8,10,12-14,16,19,22,25,28,32-58H2,1-5H3/b11-9-,17-15-,20-18-,23-21-,26-24-,29-27-,31-30-. The molecule has 0 aliphatic rings. The van der Waals surface area contributed by atoms with E-state index in [9.17, 15) is 14.3 Å². The van der Waals surface area contributed by atoms with Crippen LogP contribution >= 0.6 is 7.82 Å². The van der Waals surface area contributed by atoms with Gasteiger partial charge in [0, 0.05) is 13.0 Å². The summed E-state index contributed by atoms with van der Waals surface area (Å²) in [5.41, 5.74) is 0. The first-order valence-corrected chi connectivity index (χ1v) is 29.8. The molecule has 0 saturated heterocycles. The highest BCUT2D eigenvalue weighted by Gasteiger charge is 2.20. The van der Waals surface area contributed by atoms with Gasteiger partial charge in [0.2, 0.25) is 0 Å². The van der Waals surface area contributed by atoms with Gasteiger partial charge in [-0.1, -0.05) is 221 Å². The Labute approximate surface area is 426 Å². The Hall–Kier alpha value is -2.32. The van der Waals surface area contributed by atoms with Crippen LogP contribution in [0.5, 0.6) is 0 Å². The summed E-state index contributed by atoms with van der Waals surface area (Å²) in [5.74, 6) is -0.341. The fraction of sp³-hybridized carbons (Fsp3) is 0.750. The van der Waals surface area contributed by atoms with E-state index in [1.165, 1.54) is 141 Å². The van der Waals surface area contributed by atoms with Crippen molar-refractivity contribution in [2.45, 2.75) is 238 Å². The van der Waals surface area contributed by atoms with E-state index < -0.39 is 13.9 Å². The maximum atomic E-state index is 12.8. The van der Waals surface area contributed by atoms with Crippen molar-refractivity contribution in [3.63, 3.8) is 0 Å². The molecule has 0 aromatic carbocycles. The number of allylic oxidation sites excluding steroid dienone is 14. The first-order valence-electron chi connectivity index (χ1n) is 28.3. The summed E-state index contributed by atoms with van der Waals surface area (Å²) < 4.78 is 34.8. The van der Waals surface area contributed by atoms with Gasteiger partial charge in [-0.25, -0.2) is 0 Å². The normalized spacial score (nSPS) is 14.1. The second-order valence-corrected chi connectivity index (χ2v) is 21.3. The molecule has 0 amide bonds. The lowest BCUT2D eigenvalue weighted by atomic mass is 10.0. The summed E-state index contributed by atoms with van der Waals surface area (Å²) in [6.07, 6.45) is 70.4. The van der Waals surface area contributed by atoms with Gasteiger partial charge in [0.25, 0.3) is 7.82 Å². The van der Waals surface area contributed by atoms with Crippen molar-refractivity contribution >= 4 is 13.8 Å². The van der Waals surface area contributed by atoms with Gasteiger partial charge in [0.05, 0.1) is 34.4 Å². The first kappa shape index (κ1) is 66.7. The number of ether oxygens (including phenoxy) is 2. The molecule has 0 bridgehead atoms. The van der Waals surface area contributed by atoms with Crippen LogP contribution in [0.4, 0.5) is 0 Å². The van der Waals surface area contributed by atoms with E-state index in [-0.39, 0.29) is 25.8 Å². The number of rotatable bonds is 52. The van der Waals surface area contributed by atoms with E-state index in [0.29, 0.717) is 24.1 Å². The smallest absolute Gasteiger partial charge is 0.306 e. The number of carbonyl (C=O) groups excluding carboxylic acids is 1. The van der Waals surface area contributed by atoms with E-state index in [2.05, 4.69) is 98.9 Å². The van der Waals surface area contributed by atoms with Crippen molar-refractivity contribution in [3.8, 4) is 0 Å². The highest BCUT2D eigenvalue weighted by Crippen LogP contribution is 2.38. The van der Waals surface area contributed by atoms with Gasteiger partial charge < -0.3 is 27.9 Å². The molecule has 0 N–H and O–H groups in total. The highest BCUT2D eigenvalue weighted by molar-refractivity contribution is 7.45. The zero-order chi connectivity index (χ0) is 50.5. The number of quaternary nitrogens is 1. The fourth-order valence-corrected chi connectivity index (χ4v) is 8.33. The topological polar surface area (TPSA) is 94.1 Å². The van der Waals surface area contributed by atoms with Crippen molar-refractivity contribution in [3.05, 3.63) is 85.1 Å². The van der Waals surface area contributed by atoms with Crippen LogP contribution in [0.25, 0.3) is 0 Å².